The Morgan fingerprint density at radius 3 is 2.40 bits per heavy atom. The van der Waals surface area contributed by atoms with Gasteiger partial charge in [0.2, 0.25) is 0 Å². The molecule has 2 aliphatic carbocycles. The molecule has 2 nitrogen and oxygen atoms in total. The van der Waals surface area contributed by atoms with Crippen molar-refractivity contribution in [1.82, 2.24) is 10.6 Å². The van der Waals surface area contributed by atoms with E-state index in [2.05, 4.69) is 17.6 Å². The van der Waals surface area contributed by atoms with E-state index in [-0.39, 0.29) is 0 Å². The standard InChI is InChI=1S/C18H34N2/c1-14-8-3-2-4-10-16(14)20-18-12-7-9-15(18)17-11-5-6-13-19-17/h14-20H,2-13H2,1H3. The molecule has 1 aliphatic heterocycles. The number of nitrogens with one attached hydrogen (secondary N) is 2. The highest BCUT2D eigenvalue weighted by molar-refractivity contribution is 4.94. The van der Waals surface area contributed by atoms with Gasteiger partial charge < -0.3 is 10.6 Å². The van der Waals surface area contributed by atoms with E-state index in [1.165, 1.54) is 77.2 Å². The number of piperidine rings is 1. The van der Waals surface area contributed by atoms with Gasteiger partial charge in [-0.1, -0.05) is 39.0 Å². The summed E-state index contributed by atoms with van der Waals surface area (Å²) in [6.07, 6.45) is 15.8. The Morgan fingerprint density at radius 2 is 1.55 bits per heavy atom. The van der Waals surface area contributed by atoms with Crippen molar-refractivity contribution in [3.63, 3.8) is 0 Å². The lowest BCUT2D eigenvalue weighted by Crippen LogP contribution is -2.50. The SMILES string of the molecule is CC1CCCCCC1NC1CCCC1C1CCCCN1. The second kappa shape index (κ2) is 7.26. The van der Waals surface area contributed by atoms with Gasteiger partial charge in [0.15, 0.2) is 0 Å². The summed E-state index contributed by atoms with van der Waals surface area (Å²) in [5.74, 6) is 1.80. The smallest absolute Gasteiger partial charge is 0.0113 e. The van der Waals surface area contributed by atoms with Crippen molar-refractivity contribution in [2.45, 2.75) is 95.7 Å². The van der Waals surface area contributed by atoms with Crippen LogP contribution in [-0.4, -0.2) is 24.7 Å². The average Bonchev–Trinajstić information content (AvgIpc) is 2.85. The highest BCUT2D eigenvalue weighted by atomic mass is 15.0. The fourth-order valence-corrected chi connectivity index (χ4v) is 4.94. The van der Waals surface area contributed by atoms with Crippen molar-refractivity contribution >= 4 is 0 Å². The number of rotatable bonds is 3. The van der Waals surface area contributed by atoms with Crippen LogP contribution >= 0.6 is 0 Å². The van der Waals surface area contributed by atoms with E-state index in [1.807, 2.05) is 0 Å². The predicted molar refractivity (Wildman–Crippen MR) is 85.9 cm³/mol. The zero-order valence-corrected chi connectivity index (χ0v) is 13.4. The third-order valence-electron chi connectivity index (χ3n) is 6.22. The predicted octanol–water partition coefficient (Wildman–Crippen LogP) is 3.86. The van der Waals surface area contributed by atoms with E-state index >= 15 is 0 Å². The maximum absolute atomic E-state index is 4.11. The van der Waals surface area contributed by atoms with Crippen LogP contribution < -0.4 is 10.6 Å². The second-order valence-corrected chi connectivity index (χ2v) is 7.65. The first kappa shape index (κ1) is 14.8. The van der Waals surface area contributed by atoms with Crippen molar-refractivity contribution < 1.29 is 0 Å². The molecule has 0 aromatic rings. The molecule has 0 amide bonds. The first-order valence-electron chi connectivity index (χ1n) is 9.34. The fraction of sp³-hybridized carbons (Fsp3) is 1.00. The monoisotopic (exact) mass is 278 g/mol. The summed E-state index contributed by atoms with van der Waals surface area (Å²) in [7, 11) is 0. The van der Waals surface area contributed by atoms with E-state index in [1.54, 1.807) is 0 Å². The third kappa shape index (κ3) is 3.57. The Balaban J connectivity index is 1.57. The molecule has 0 aromatic heterocycles. The Kier molecular flexibility index (Phi) is 5.39. The summed E-state index contributed by atoms with van der Waals surface area (Å²) in [6, 6.07) is 2.41. The van der Waals surface area contributed by atoms with Crippen molar-refractivity contribution in [3.05, 3.63) is 0 Å². The molecule has 0 spiro atoms. The highest BCUT2D eigenvalue weighted by Crippen LogP contribution is 2.33. The minimum atomic E-state index is 0.798. The summed E-state index contributed by atoms with van der Waals surface area (Å²) >= 11 is 0. The molecule has 1 heterocycles. The molecule has 2 N–H and O–H groups in total. The van der Waals surface area contributed by atoms with Crippen molar-refractivity contribution in [2.75, 3.05) is 6.54 Å². The molecular weight excluding hydrogens is 244 g/mol. The van der Waals surface area contributed by atoms with Crippen LogP contribution in [0.5, 0.6) is 0 Å². The van der Waals surface area contributed by atoms with Crippen LogP contribution in [-0.2, 0) is 0 Å². The largest absolute Gasteiger partial charge is 0.314 e. The lowest BCUT2D eigenvalue weighted by atomic mass is 9.87. The molecule has 5 unspecified atom stereocenters. The van der Waals surface area contributed by atoms with Crippen molar-refractivity contribution in [3.8, 4) is 0 Å². The molecule has 3 aliphatic rings. The zero-order valence-electron chi connectivity index (χ0n) is 13.4. The molecule has 2 heteroatoms. The number of hydrogen-bond acceptors (Lipinski definition) is 2. The summed E-state index contributed by atoms with van der Waals surface area (Å²) in [6.45, 7) is 3.74. The van der Waals surface area contributed by atoms with E-state index in [0.29, 0.717) is 0 Å². The van der Waals surface area contributed by atoms with Gasteiger partial charge in [-0.2, -0.15) is 0 Å². The quantitative estimate of drug-likeness (QED) is 0.766. The number of hydrogen-bond donors (Lipinski definition) is 2. The maximum atomic E-state index is 4.11. The van der Waals surface area contributed by atoms with Gasteiger partial charge in [0.05, 0.1) is 0 Å². The van der Waals surface area contributed by atoms with Crippen LogP contribution in [0.4, 0.5) is 0 Å². The Hall–Kier alpha value is -0.0800. The molecular formula is C18H34N2. The van der Waals surface area contributed by atoms with Crippen LogP contribution in [0.1, 0.15) is 77.6 Å². The normalized spacial score (nSPS) is 43.4. The first-order valence-corrected chi connectivity index (χ1v) is 9.34. The van der Waals surface area contributed by atoms with Crippen LogP contribution in [0.15, 0.2) is 0 Å². The van der Waals surface area contributed by atoms with Crippen LogP contribution in [0.2, 0.25) is 0 Å². The summed E-state index contributed by atoms with van der Waals surface area (Å²) in [5.41, 5.74) is 0. The Labute approximate surface area is 125 Å². The lowest BCUT2D eigenvalue weighted by molar-refractivity contribution is 0.225. The van der Waals surface area contributed by atoms with Gasteiger partial charge in [-0.05, 0) is 56.9 Å². The van der Waals surface area contributed by atoms with Crippen LogP contribution in [0, 0.1) is 11.8 Å². The Bertz CT molecular complexity index is 285. The summed E-state index contributed by atoms with van der Waals surface area (Å²) in [4.78, 5) is 0. The van der Waals surface area contributed by atoms with Gasteiger partial charge >= 0.3 is 0 Å². The van der Waals surface area contributed by atoms with E-state index in [4.69, 9.17) is 0 Å². The van der Waals surface area contributed by atoms with Gasteiger partial charge in [-0.15, -0.1) is 0 Å². The van der Waals surface area contributed by atoms with Gasteiger partial charge in [-0.25, -0.2) is 0 Å². The molecule has 1 saturated heterocycles. The first-order chi connectivity index (χ1) is 9.84. The van der Waals surface area contributed by atoms with E-state index in [0.717, 1.165) is 30.0 Å². The summed E-state index contributed by atoms with van der Waals surface area (Å²) < 4.78 is 0. The fourth-order valence-electron chi connectivity index (χ4n) is 4.94. The van der Waals surface area contributed by atoms with Crippen molar-refractivity contribution in [2.24, 2.45) is 11.8 Å². The third-order valence-corrected chi connectivity index (χ3v) is 6.22. The van der Waals surface area contributed by atoms with Gasteiger partial charge in [0.25, 0.3) is 0 Å². The van der Waals surface area contributed by atoms with E-state index in [9.17, 15) is 0 Å². The molecule has 3 fully saturated rings. The molecule has 3 rings (SSSR count). The van der Waals surface area contributed by atoms with Gasteiger partial charge in [0, 0.05) is 18.1 Å². The molecule has 0 radical (unpaired) electrons. The maximum Gasteiger partial charge on any atom is 0.0113 e. The van der Waals surface area contributed by atoms with Crippen molar-refractivity contribution in [1.29, 1.82) is 0 Å². The van der Waals surface area contributed by atoms with Crippen LogP contribution in [0.25, 0.3) is 0 Å². The molecule has 0 aromatic carbocycles. The minimum absolute atomic E-state index is 0.798. The molecule has 20 heavy (non-hydrogen) atoms. The zero-order chi connectivity index (χ0) is 13.8. The molecule has 116 valence electrons. The summed E-state index contributed by atoms with van der Waals surface area (Å²) in [5, 5.41) is 7.93. The molecule has 2 saturated carbocycles. The van der Waals surface area contributed by atoms with Gasteiger partial charge in [-0.3, -0.25) is 0 Å². The molecule has 5 atom stereocenters. The lowest BCUT2D eigenvalue weighted by Gasteiger charge is -2.36. The topological polar surface area (TPSA) is 24.1 Å². The minimum Gasteiger partial charge on any atom is -0.314 e. The molecule has 0 bridgehead atoms. The van der Waals surface area contributed by atoms with E-state index < -0.39 is 0 Å². The van der Waals surface area contributed by atoms with Crippen LogP contribution in [0.3, 0.4) is 0 Å². The van der Waals surface area contributed by atoms with Gasteiger partial charge in [0.1, 0.15) is 0 Å². The second-order valence-electron chi connectivity index (χ2n) is 7.65. The highest BCUT2D eigenvalue weighted by Gasteiger charge is 2.35. The Morgan fingerprint density at radius 1 is 0.750 bits per heavy atom. The average molecular weight is 278 g/mol.